The van der Waals surface area contributed by atoms with E-state index in [0.29, 0.717) is 6.42 Å². The molecule has 7 nitrogen and oxygen atoms in total. The lowest BCUT2D eigenvalue weighted by Crippen LogP contribution is -2.09. The van der Waals surface area contributed by atoms with E-state index in [1.54, 1.807) is 6.92 Å². The number of carboxylic acid groups (broad SMARTS) is 1. The van der Waals surface area contributed by atoms with Gasteiger partial charge in [0.2, 0.25) is 5.57 Å². The Kier molecular flexibility index (Phi) is 2.75. The van der Waals surface area contributed by atoms with Gasteiger partial charge in [-0.25, -0.2) is 9.78 Å². The number of aromatic carboxylic acids is 1. The molecule has 1 heterocycles. The molecule has 0 aliphatic rings. The summed E-state index contributed by atoms with van der Waals surface area (Å²) >= 11 is 0. The summed E-state index contributed by atoms with van der Waals surface area (Å²) < 4.78 is 10.7. The van der Waals surface area contributed by atoms with Crippen molar-refractivity contribution in [2.45, 2.75) is 13.3 Å². The van der Waals surface area contributed by atoms with E-state index in [-0.39, 0.29) is 11.4 Å². The molecule has 1 aromatic rings. The molecule has 0 radical (unpaired) electrons. The average molecular weight is 220 g/mol. The number of carboxylic acids is 1. The molecule has 0 saturated heterocycles. The number of H-pyrrole nitrogens is 1. The standard InChI is InChI=1S/C6H9N2O5P/c1-2-3-4(5(9)10)8-6(7-3)14(11,12)13/h2H2,1H3,(H,7,8)(H,9,10)(H2,11,12,13). The van der Waals surface area contributed by atoms with Gasteiger partial charge in [0, 0.05) is 5.69 Å². The summed E-state index contributed by atoms with van der Waals surface area (Å²) in [5.41, 5.74) is -0.742. The number of aryl methyl sites for hydroxylation is 1. The number of imidazole rings is 1. The van der Waals surface area contributed by atoms with Crippen LogP contribution in [0.3, 0.4) is 0 Å². The minimum absolute atomic E-state index is 0.204. The molecule has 0 aliphatic heterocycles. The lowest BCUT2D eigenvalue weighted by atomic mass is 10.3. The molecule has 1 rings (SSSR count). The van der Waals surface area contributed by atoms with Crippen molar-refractivity contribution in [2.24, 2.45) is 0 Å². The maximum atomic E-state index is 10.7. The van der Waals surface area contributed by atoms with Crippen LogP contribution in [-0.4, -0.2) is 30.8 Å². The van der Waals surface area contributed by atoms with E-state index in [2.05, 4.69) is 9.97 Å². The lowest BCUT2D eigenvalue weighted by Gasteiger charge is -1.96. The third-order valence-corrected chi connectivity index (χ3v) is 2.36. The largest absolute Gasteiger partial charge is 0.476 e. The molecule has 8 heteroatoms. The van der Waals surface area contributed by atoms with Crippen LogP contribution in [0.4, 0.5) is 0 Å². The van der Waals surface area contributed by atoms with Crippen molar-refractivity contribution in [3.8, 4) is 0 Å². The van der Waals surface area contributed by atoms with Gasteiger partial charge in [-0.15, -0.1) is 0 Å². The first-order valence-corrected chi connectivity index (χ1v) is 5.35. The maximum absolute atomic E-state index is 10.7. The van der Waals surface area contributed by atoms with E-state index in [9.17, 15) is 9.36 Å². The van der Waals surface area contributed by atoms with Gasteiger partial charge in [0.05, 0.1) is 0 Å². The first-order chi connectivity index (χ1) is 6.36. The second kappa shape index (κ2) is 3.53. The smallest absolute Gasteiger partial charge is 0.391 e. The van der Waals surface area contributed by atoms with Gasteiger partial charge in [0.25, 0.3) is 0 Å². The minimum atomic E-state index is -4.51. The molecular formula is C6H9N2O5P. The Morgan fingerprint density at radius 3 is 2.43 bits per heavy atom. The Hall–Kier alpha value is -1.17. The summed E-state index contributed by atoms with van der Waals surface area (Å²) in [5, 5.41) is 8.64. The number of aromatic nitrogens is 2. The molecule has 0 amide bonds. The normalized spacial score (nSPS) is 11.6. The number of nitrogens with one attached hydrogen (secondary N) is 1. The van der Waals surface area contributed by atoms with Gasteiger partial charge >= 0.3 is 13.6 Å². The molecule has 78 valence electrons. The van der Waals surface area contributed by atoms with E-state index in [1.165, 1.54) is 0 Å². The molecule has 4 N–H and O–H groups in total. The Morgan fingerprint density at radius 2 is 2.14 bits per heavy atom. The topological polar surface area (TPSA) is 124 Å². The highest BCUT2D eigenvalue weighted by molar-refractivity contribution is 7.59. The highest BCUT2D eigenvalue weighted by atomic mass is 31.2. The van der Waals surface area contributed by atoms with Crippen molar-refractivity contribution >= 4 is 19.1 Å². The van der Waals surface area contributed by atoms with Crippen molar-refractivity contribution in [2.75, 3.05) is 0 Å². The predicted molar refractivity (Wildman–Crippen MR) is 46.6 cm³/mol. The van der Waals surface area contributed by atoms with Crippen LogP contribution in [0.1, 0.15) is 23.1 Å². The summed E-state index contributed by atoms with van der Waals surface area (Å²) in [6.45, 7) is 1.66. The monoisotopic (exact) mass is 220 g/mol. The highest BCUT2D eigenvalue weighted by Gasteiger charge is 2.26. The fourth-order valence-electron chi connectivity index (χ4n) is 0.966. The van der Waals surface area contributed by atoms with Crippen LogP contribution >= 0.6 is 7.60 Å². The van der Waals surface area contributed by atoms with Crippen LogP contribution in [0.15, 0.2) is 0 Å². The van der Waals surface area contributed by atoms with Crippen molar-refractivity contribution in [3.05, 3.63) is 11.4 Å². The van der Waals surface area contributed by atoms with Crippen molar-refractivity contribution in [1.82, 2.24) is 9.97 Å². The van der Waals surface area contributed by atoms with Gasteiger partial charge in [-0.05, 0) is 6.42 Å². The van der Waals surface area contributed by atoms with Crippen molar-refractivity contribution < 1.29 is 24.3 Å². The Bertz CT molecular complexity index is 406. The van der Waals surface area contributed by atoms with Crippen LogP contribution < -0.4 is 5.57 Å². The van der Waals surface area contributed by atoms with Gasteiger partial charge in [-0.1, -0.05) is 6.92 Å². The maximum Gasteiger partial charge on any atom is 0.391 e. The molecule has 0 spiro atoms. The first kappa shape index (κ1) is 10.9. The third kappa shape index (κ3) is 2.01. The van der Waals surface area contributed by atoms with Crippen LogP contribution in [0.5, 0.6) is 0 Å². The van der Waals surface area contributed by atoms with E-state index in [4.69, 9.17) is 14.9 Å². The van der Waals surface area contributed by atoms with E-state index < -0.39 is 19.1 Å². The first-order valence-electron chi connectivity index (χ1n) is 3.74. The number of hydrogen-bond acceptors (Lipinski definition) is 3. The molecule has 0 saturated carbocycles. The Morgan fingerprint density at radius 1 is 1.57 bits per heavy atom. The molecule has 0 atom stereocenters. The molecule has 0 fully saturated rings. The number of nitrogens with zero attached hydrogens (tertiary/aromatic N) is 1. The Labute approximate surface area is 79.0 Å². The van der Waals surface area contributed by atoms with Crippen molar-refractivity contribution in [1.29, 1.82) is 0 Å². The van der Waals surface area contributed by atoms with Gasteiger partial charge < -0.3 is 19.9 Å². The third-order valence-electron chi connectivity index (χ3n) is 1.60. The summed E-state index contributed by atoms with van der Waals surface area (Å²) in [4.78, 5) is 33.7. The van der Waals surface area contributed by atoms with Gasteiger partial charge in [0.15, 0.2) is 5.69 Å². The zero-order valence-corrected chi connectivity index (χ0v) is 8.15. The fraction of sp³-hybridized carbons (Fsp3) is 0.333. The molecular weight excluding hydrogens is 211 g/mol. The van der Waals surface area contributed by atoms with Gasteiger partial charge in [0.1, 0.15) is 0 Å². The summed E-state index contributed by atoms with van der Waals surface area (Å²) in [7, 11) is -4.51. The van der Waals surface area contributed by atoms with Gasteiger partial charge in [-0.3, -0.25) is 4.57 Å². The Balaban J connectivity index is 3.27. The van der Waals surface area contributed by atoms with Crippen LogP contribution in [0.25, 0.3) is 0 Å². The minimum Gasteiger partial charge on any atom is -0.476 e. The number of aromatic amines is 1. The average Bonchev–Trinajstić information content (AvgIpc) is 2.45. The summed E-state index contributed by atoms with van der Waals surface area (Å²) in [6, 6.07) is 0. The van der Waals surface area contributed by atoms with Crippen LogP contribution in [0, 0.1) is 0 Å². The SMILES string of the molecule is CCc1[nH]c(P(=O)(O)O)nc1C(=O)O. The number of hydrogen-bond donors (Lipinski definition) is 4. The second-order valence-corrected chi connectivity index (χ2v) is 4.10. The van der Waals surface area contributed by atoms with E-state index in [1.807, 2.05) is 0 Å². The number of rotatable bonds is 3. The molecule has 0 bridgehead atoms. The van der Waals surface area contributed by atoms with E-state index >= 15 is 0 Å². The molecule has 14 heavy (non-hydrogen) atoms. The molecule has 0 unspecified atom stereocenters. The lowest BCUT2D eigenvalue weighted by molar-refractivity contribution is 0.0690. The van der Waals surface area contributed by atoms with Crippen LogP contribution in [0.2, 0.25) is 0 Å². The molecule has 0 aromatic carbocycles. The summed E-state index contributed by atoms with van der Waals surface area (Å²) in [6.07, 6.45) is 0.314. The van der Waals surface area contributed by atoms with Gasteiger partial charge in [-0.2, -0.15) is 0 Å². The fourth-order valence-corrected chi connectivity index (χ4v) is 1.48. The zero-order chi connectivity index (χ0) is 10.9. The van der Waals surface area contributed by atoms with Crippen LogP contribution in [-0.2, 0) is 11.0 Å². The molecule has 1 aromatic heterocycles. The zero-order valence-electron chi connectivity index (χ0n) is 7.26. The quantitative estimate of drug-likeness (QED) is 0.508. The van der Waals surface area contributed by atoms with E-state index in [0.717, 1.165) is 0 Å². The predicted octanol–water partition coefficient (Wildman–Crippen LogP) is -0.527. The van der Waals surface area contributed by atoms with Crippen molar-refractivity contribution in [3.63, 3.8) is 0 Å². The number of carbonyl (C=O) groups is 1. The summed E-state index contributed by atoms with van der Waals surface area (Å²) in [5.74, 6) is -1.31. The molecule has 0 aliphatic carbocycles. The highest BCUT2D eigenvalue weighted by Crippen LogP contribution is 2.31. The second-order valence-electron chi connectivity index (χ2n) is 2.59.